The average Bonchev–Trinajstić information content (AvgIpc) is 3.24. The van der Waals surface area contributed by atoms with Gasteiger partial charge >= 0.3 is 0 Å². The van der Waals surface area contributed by atoms with E-state index in [1.165, 1.54) is 24.5 Å². The maximum atomic E-state index is 13.6. The van der Waals surface area contributed by atoms with Crippen molar-refractivity contribution in [2.75, 3.05) is 19.6 Å². The summed E-state index contributed by atoms with van der Waals surface area (Å²) >= 11 is 0. The molecule has 2 aliphatic rings. The summed E-state index contributed by atoms with van der Waals surface area (Å²) in [6.45, 7) is 3.21. The molecule has 1 saturated carbocycles. The summed E-state index contributed by atoms with van der Waals surface area (Å²) < 4.78 is 13.6. The van der Waals surface area contributed by atoms with Gasteiger partial charge in [-0.1, -0.05) is 0 Å². The molecule has 0 unspecified atom stereocenters. The van der Waals surface area contributed by atoms with E-state index in [0.29, 0.717) is 5.92 Å². The van der Waals surface area contributed by atoms with Gasteiger partial charge in [-0.3, -0.25) is 4.98 Å². The predicted molar refractivity (Wildman–Crippen MR) is 93.5 cm³/mol. The molecule has 1 aromatic carbocycles. The van der Waals surface area contributed by atoms with Crippen LogP contribution in [0.15, 0.2) is 30.5 Å². The fourth-order valence-corrected chi connectivity index (χ4v) is 3.66. The Morgan fingerprint density at radius 3 is 2.65 bits per heavy atom. The monoisotopic (exact) mass is 335 g/mol. The zero-order valence-corrected chi connectivity index (χ0v) is 14.0. The molecule has 5 heteroatoms. The minimum absolute atomic E-state index is 0. The number of piperidine rings is 1. The number of hydrogen-bond acceptors (Lipinski definition) is 3. The van der Waals surface area contributed by atoms with Crippen LogP contribution < -0.4 is 5.73 Å². The Bertz CT molecular complexity index is 694. The van der Waals surface area contributed by atoms with Crippen LogP contribution in [0.1, 0.15) is 37.2 Å². The lowest BCUT2D eigenvalue weighted by atomic mass is 9.87. The van der Waals surface area contributed by atoms with Crippen molar-refractivity contribution in [1.82, 2.24) is 9.88 Å². The number of nitrogens with zero attached hydrogens (tertiary/aromatic N) is 2. The Labute approximate surface area is 142 Å². The number of halogens is 2. The second-order valence-corrected chi connectivity index (χ2v) is 6.97. The SMILES string of the molecule is Cl.NC1(CN2CCC(c3ccnc4ccc(F)cc34)CC2)CC1. The first kappa shape index (κ1) is 16.6. The van der Waals surface area contributed by atoms with E-state index in [1.54, 1.807) is 12.1 Å². The van der Waals surface area contributed by atoms with Crippen LogP contribution >= 0.6 is 12.4 Å². The van der Waals surface area contributed by atoms with Gasteiger partial charge in [-0.2, -0.15) is 0 Å². The molecule has 2 N–H and O–H groups in total. The largest absolute Gasteiger partial charge is 0.324 e. The molecule has 1 aliphatic heterocycles. The third-order valence-electron chi connectivity index (χ3n) is 5.20. The van der Waals surface area contributed by atoms with E-state index in [1.807, 2.05) is 6.20 Å². The normalized spacial score (nSPS) is 21.1. The van der Waals surface area contributed by atoms with Crippen LogP contribution in [0.4, 0.5) is 4.39 Å². The van der Waals surface area contributed by atoms with E-state index >= 15 is 0 Å². The van der Waals surface area contributed by atoms with E-state index in [9.17, 15) is 4.39 Å². The molecular formula is C18H23ClFN3. The van der Waals surface area contributed by atoms with Crippen molar-refractivity contribution in [1.29, 1.82) is 0 Å². The van der Waals surface area contributed by atoms with Gasteiger partial charge in [0.1, 0.15) is 5.82 Å². The molecule has 2 heterocycles. The van der Waals surface area contributed by atoms with E-state index in [0.717, 1.165) is 43.4 Å². The Hall–Kier alpha value is -1.23. The second-order valence-electron chi connectivity index (χ2n) is 6.97. The number of nitrogens with two attached hydrogens (primary N) is 1. The van der Waals surface area contributed by atoms with E-state index in [2.05, 4.69) is 16.0 Å². The molecule has 1 aliphatic carbocycles. The highest BCUT2D eigenvalue weighted by Crippen LogP contribution is 2.36. The molecule has 1 saturated heterocycles. The molecule has 3 nitrogen and oxygen atoms in total. The number of likely N-dealkylation sites (tertiary alicyclic amines) is 1. The van der Waals surface area contributed by atoms with E-state index < -0.39 is 0 Å². The number of fused-ring (bicyclic) bond motifs is 1. The fourth-order valence-electron chi connectivity index (χ4n) is 3.66. The van der Waals surface area contributed by atoms with Crippen LogP contribution in [-0.4, -0.2) is 35.1 Å². The van der Waals surface area contributed by atoms with Gasteiger partial charge in [0.25, 0.3) is 0 Å². The predicted octanol–water partition coefficient (Wildman–Crippen LogP) is 3.47. The van der Waals surface area contributed by atoms with Gasteiger partial charge in [0, 0.05) is 23.7 Å². The van der Waals surface area contributed by atoms with E-state index in [4.69, 9.17) is 5.73 Å². The summed E-state index contributed by atoms with van der Waals surface area (Å²) in [6.07, 6.45) is 6.42. The number of pyridine rings is 1. The van der Waals surface area contributed by atoms with Crippen molar-refractivity contribution in [3.05, 3.63) is 41.8 Å². The zero-order chi connectivity index (χ0) is 15.2. The first-order valence-electron chi connectivity index (χ1n) is 8.18. The van der Waals surface area contributed by atoms with Gasteiger partial charge in [-0.05, 0) is 74.5 Å². The van der Waals surface area contributed by atoms with Crippen LogP contribution in [0.2, 0.25) is 0 Å². The lowest BCUT2D eigenvalue weighted by Crippen LogP contribution is -2.43. The van der Waals surface area contributed by atoms with E-state index in [-0.39, 0.29) is 23.8 Å². The summed E-state index contributed by atoms with van der Waals surface area (Å²) in [5.41, 5.74) is 8.46. The molecule has 0 amide bonds. The first-order valence-corrected chi connectivity index (χ1v) is 8.18. The van der Waals surface area contributed by atoms with Crippen molar-refractivity contribution in [3.63, 3.8) is 0 Å². The number of rotatable bonds is 3. The van der Waals surface area contributed by atoms with Gasteiger partial charge in [0.2, 0.25) is 0 Å². The standard InChI is InChI=1S/C18H22FN3.ClH/c19-14-1-2-17-16(11-14)15(3-8-21-17)13-4-9-22(10-5-13)12-18(20)6-7-18;/h1-3,8,11,13H,4-7,9-10,12,20H2;1H. The summed E-state index contributed by atoms with van der Waals surface area (Å²) in [5, 5.41) is 0.971. The molecule has 0 bridgehead atoms. The van der Waals surface area contributed by atoms with Gasteiger partial charge in [-0.25, -0.2) is 4.39 Å². The molecule has 1 aromatic heterocycles. The van der Waals surface area contributed by atoms with Crippen molar-refractivity contribution < 1.29 is 4.39 Å². The van der Waals surface area contributed by atoms with Crippen molar-refractivity contribution >= 4 is 23.3 Å². The van der Waals surface area contributed by atoms with Gasteiger partial charge < -0.3 is 10.6 Å². The summed E-state index contributed by atoms with van der Waals surface area (Å²) in [7, 11) is 0. The van der Waals surface area contributed by atoms with Crippen molar-refractivity contribution in [3.8, 4) is 0 Å². The van der Waals surface area contributed by atoms with Gasteiger partial charge in [0.05, 0.1) is 5.52 Å². The Morgan fingerprint density at radius 1 is 1.22 bits per heavy atom. The Balaban J connectivity index is 0.00000156. The van der Waals surface area contributed by atoms with Crippen LogP contribution in [-0.2, 0) is 0 Å². The third-order valence-corrected chi connectivity index (χ3v) is 5.20. The van der Waals surface area contributed by atoms with Gasteiger partial charge in [0.15, 0.2) is 0 Å². The maximum Gasteiger partial charge on any atom is 0.123 e. The fraction of sp³-hybridized carbons (Fsp3) is 0.500. The highest BCUT2D eigenvalue weighted by atomic mass is 35.5. The highest BCUT2D eigenvalue weighted by Gasteiger charge is 2.40. The molecule has 4 rings (SSSR count). The number of benzene rings is 1. The quantitative estimate of drug-likeness (QED) is 0.934. The highest BCUT2D eigenvalue weighted by molar-refractivity contribution is 5.85. The zero-order valence-electron chi connectivity index (χ0n) is 13.2. The summed E-state index contributed by atoms with van der Waals surface area (Å²) in [5.74, 6) is 0.314. The molecule has 0 atom stereocenters. The second kappa shape index (κ2) is 6.34. The molecule has 2 aromatic rings. The minimum Gasteiger partial charge on any atom is -0.324 e. The summed E-state index contributed by atoms with van der Waals surface area (Å²) in [6, 6.07) is 6.95. The van der Waals surface area contributed by atoms with Crippen LogP contribution in [0, 0.1) is 5.82 Å². The smallest absolute Gasteiger partial charge is 0.123 e. The van der Waals surface area contributed by atoms with Crippen LogP contribution in [0.25, 0.3) is 10.9 Å². The molecule has 2 fully saturated rings. The van der Waals surface area contributed by atoms with Crippen molar-refractivity contribution in [2.45, 2.75) is 37.1 Å². The third kappa shape index (κ3) is 3.49. The maximum absolute atomic E-state index is 13.6. The topological polar surface area (TPSA) is 42.1 Å². The molecule has 23 heavy (non-hydrogen) atoms. The van der Waals surface area contributed by atoms with Gasteiger partial charge in [-0.15, -0.1) is 12.4 Å². The number of aromatic nitrogens is 1. The molecule has 0 radical (unpaired) electrons. The van der Waals surface area contributed by atoms with Crippen molar-refractivity contribution in [2.24, 2.45) is 5.73 Å². The first-order chi connectivity index (χ1) is 10.6. The lowest BCUT2D eigenvalue weighted by molar-refractivity contribution is 0.196. The Morgan fingerprint density at radius 2 is 1.96 bits per heavy atom. The summed E-state index contributed by atoms with van der Waals surface area (Å²) in [4.78, 5) is 6.85. The molecular weight excluding hydrogens is 313 g/mol. The molecule has 124 valence electrons. The minimum atomic E-state index is -0.182. The molecule has 0 spiro atoms. The van der Waals surface area contributed by atoms with Crippen LogP contribution in [0.3, 0.4) is 0 Å². The number of hydrogen-bond donors (Lipinski definition) is 1. The average molecular weight is 336 g/mol. The van der Waals surface area contributed by atoms with Crippen LogP contribution in [0.5, 0.6) is 0 Å². The lowest BCUT2D eigenvalue weighted by Gasteiger charge is -2.34. The Kier molecular flexibility index (Phi) is 4.59.